The molecule has 0 unspecified atom stereocenters. The second kappa shape index (κ2) is 7.34. The molecule has 0 bridgehead atoms. The van der Waals surface area contributed by atoms with Gasteiger partial charge in [0.15, 0.2) is 18.2 Å². The third kappa shape index (κ3) is 3.96. The van der Waals surface area contributed by atoms with Gasteiger partial charge in [-0.2, -0.15) is 0 Å². The quantitative estimate of drug-likeness (QED) is 0.747. The van der Waals surface area contributed by atoms with Crippen molar-refractivity contribution in [3.63, 3.8) is 0 Å². The van der Waals surface area contributed by atoms with E-state index in [-0.39, 0.29) is 18.3 Å². The Morgan fingerprint density at radius 3 is 2.84 bits per heavy atom. The van der Waals surface area contributed by atoms with Gasteiger partial charge in [-0.15, -0.1) is 0 Å². The Balaban J connectivity index is 1.57. The number of amides is 1. The highest BCUT2D eigenvalue weighted by Gasteiger charge is 2.08. The molecule has 0 atom stereocenters. The van der Waals surface area contributed by atoms with Crippen LogP contribution in [0.15, 0.2) is 48.8 Å². The van der Waals surface area contributed by atoms with Gasteiger partial charge < -0.3 is 14.6 Å². The summed E-state index contributed by atoms with van der Waals surface area (Å²) in [6.45, 7) is 4.34. The number of benzene rings is 2. The number of halogens is 1. The summed E-state index contributed by atoms with van der Waals surface area (Å²) >= 11 is 0. The molecule has 0 spiro atoms. The summed E-state index contributed by atoms with van der Waals surface area (Å²) in [7, 11) is 0. The van der Waals surface area contributed by atoms with Gasteiger partial charge in [-0.25, -0.2) is 9.37 Å². The predicted molar refractivity (Wildman–Crippen MR) is 93.9 cm³/mol. The third-order valence-electron chi connectivity index (χ3n) is 3.88. The highest BCUT2D eigenvalue weighted by atomic mass is 19.1. The van der Waals surface area contributed by atoms with Crippen LogP contribution < -0.4 is 10.1 Å². The molecule has 3 aromatic rings. The van der Waals surface area contributed by atoms with Gasteiger partial charge in [0.1, 0.15) is 0 Å². The Morgan fingerprint density at radius 2 is 2.08 bits per heavy atom. The maximum Gasteiger partial charge on any atom is 0.258 e. The topological polar surface area (TPSA) is 56.2 Å². The van der Waals surface area contributed by atoms with Crippen molar-refractivity contribution in [2.45, 2.75) is 26.4 Å². The number of nitrogens with zero attached hydrogens (tertiary/aromatic N) is 2. The van der Waals surface area contributed by atoms with Gasteiger partial charge in [-0.1, -0.05) is 18.2 Å². The first-order valence-corrected chi connectivity index (χ1v) is 8.14. The van der Waals surface area contributed by atoms with Gasteiger partial charge >= 0.3 is 0 Å². The summed E-state index contributed by atoms with van der Waals surface area (Å²) in [6.07, 6.45) is 1.82. The molecular formula is C19H20FN3O2. The van der Waals surface area contributed by atoms with Gasteiger partial charge in [0.2, 0.25) is 0 Å². The Kier molecular flexibility index (Phi) is 4.97. The second-order valence-corrected chi connectivity index (χ2v) is 6.06. The van der Waals surface area contributed by atoms with Crippen LogP contribution in [0.4, 0.5) is 4.39 Å². The molecule has 25 heavy (non-hydrogen) atoms. The van der Waals surface area contributed by atoms with Crippen LogP contribution in [0.2, 0.25) is 0 Å². The fourth-order valence-electron chi connectivity index (χ4n) is 2.56. The van der Waals surface area contributed by atoms with E-state index in [9.17, 15) is 9.18 Å². The van der Waals surface area contributed by atoms with E-state index >= 15 is 0 Å². The van der Waals surface area contributed by atoms with Gasteiger partial charge in [0.25, 0.3) is 5.91 Å². The van der Waals surface area contributed by atoms with Gasteiger partial charge in [-0.05, 0) is 43.7 Å². The predicted octanol–water partition coefficient (Wildman–Crippen LogP) is 3.45. The Hall–Kier alpha value is -2.89. The van der Waals surface area contributed by atoms with Crippen LogP contribution in [0.3, 0.4) is 0 Å². The minimum Gasteiger partial charge on any atom is -0.481 e. The molecule has 0 aliphatic carbocycles. The van der Waals surface area contributed by atoms with Crippen molar-refractivity contribution >= 4 is 16.9 Å². The van der Waals surface area contributed by atoms with Gasteiger partial charge in [-0.3, -0.25) is 4.79 Å². The standard InChI is InChI=1S/C19H20FN3O2/c1-13(2)23-12-22-16-9-14(7-8-17(16)23)10-21-19(24)11-25-18-6-4-3-5-15(18)20/h3-9,12-13H,10-11H2,1-2H3,(H,21,24). The lowest BCUT2D eigenvalue weighted by Crippen LogP contribution is -2.28. The Labute approximate surface area is 145 Å². The number of ether oxygens (including phenoxy) is 1. The fraction of sp³-hybridized carbons (Fsp3) is 0.263. The highest BCUT2D eigenvalue weighted by Crippen LogP contribution is 2.19. The lowest BCUT2D eigenvalue weighted by atomic mass is 10.2. The number of carbonyl (C=O) groups is 1. The maximum atomic E-state index is 13.4. The average molecular weight is 341 g/mol. The molecule has 1 aromatic heterocycles. The van der Waals surface area contributed by atoms with Crippen molar-refractivity contribution in [3.8, 4) is 5.75 Å². The second-order valence-electron chi connectivity index (χ2n) is 6.06. The molecule has 1 heterocycles. The smallest absolute Gasteiger partial charge is 0.258 e. The molecule has 1 amide bonds. The van der Waals surface area contributed by atoms with Crippen molar-refractivity contribution in [1.29, 1.82) is 0 Å². The van der Waals surface area contributed by atoms with Gasteiger partial charge in [0.05, 0.1) is 17.4 Å². The number of carbonyl (C=O) groups excluding carboxylic acids is 1. The SMILES string of the molecule is CC(C)n1cnc2cc(CNC(=O)COc3ccccc3F)ccc21. The van der Waals surface area contributed by atoms with E-state index in [4.69, 9.17) is 4.74 Å². The molecule has 0 aliphatic heterocycles. The molecule has 0 aliphatic rings. The van der Waals surface area contributed by atoms with Crippen molar-refractivity contribution in [2.24, 2.45) is 0 Å². The molecule has 0 saturated carbocycles. The number of para-hydroxylation sites is 1. The minimum absolute atomic E-state index is 0.0679. The lowest BCUT2D eigenvalue weighted by molar-refractivity contribution is -0.123. The van der Waals surface area contributed by atoms with E-state index in [2.05, 4.69) is 28.7 Å². The largest absolute Gasteiger partial charge is 0.481 e. The number of imidazole rings is 1. The molecule has 5 nitrogen and oxygen atoms in total. The molecule has 0 fully saturated rings. The first-order chi connectivity index (χ1) is 12.0. The summed E-state index contributed by atoms with van der Waals surface area (Å²) in [6, 6.07) is 12.2. The van der Waals surface area contributed by atoms with E-state index < -0.39 is 5.82 Å². The van der Waals surface area contributed by atoms with E-state index in [1.807, 2.05) is 24.5 Å². The number of hydrogen-bond acceptors (Lipinski definition) is 3. The van der Waals surface area contributed by atoms with Crippen LogP contribution in [0.25, 0.3) is 11.0 Å². The van der Waals surface area contributed by atoms with Crippen LogP contribution in [0.1, 0.15) is 25.5 Å². The van der Waals surface area contributed by atoms with Gasteiger partial charge in [0, 0.05) is 12.6 Å². The normalized spacial score (nSPS) is 11.0. The van der Waals surface area contributed by atoms with Crippen LogP contribution >= 0.6 is 0 Å². The van der Waals surface area contributed by atoms with E-state index in [0.29, 0.717) is 12.6 Å². The first kappa shape index (κ1) is 17.0. The van der Waals surface area contributed by atoms with Crippen molar-refractivity contribution in [2.75, 3.05) is 6.61 Å². The molecular weight excluding hydrogens is 321 g/mol. The zero-order valence-corrected chi connectivity index (χ0v) is 14.2. The fourth-order valence-corrected chi connectivity index (χ4v) is 2.56. The first-order valence-electron chi connectivity index (χ1n) is 8.14. The zero-order valence-electron chi connectivity index (χ0n) is 14.2. The van der Waals surface area contributed by atoms with E-state index in [1.54, 1.807) is 12.1 Å². The van der Waals surface area contributed by atoms with Crippen molar-refractivity contribution in [3.05, 3.63) is 60.2 Å². The zero-order chi connectivity index (χ0) is 17.8. The summed E-state index contributed by atoms with van der Waals surface area (Å²) in [5.41, 5.74) is 2.90. The molecule has 6 heteroatoms. The van der Waals surface area contributed by atoms with Crippen LogP contribution in [0.5, 0.6) is 5.75 Å². The Bertz CT molecular complexity index is 889. The van der Waals surface area contributed by atoms with E-state index in [0.717, 1.165) is 16.6 Å². The number of nitrogens with one attached hydrogen (secondary N) is 1. The molecule has 0 saturated heterocycles. The van der Waals surface area contributed by atoms with E-state index in [1.165, 1.54) is 12.1 Å². The van der Waals surface area contributed by atoms with Crippen molar-refractivity contribution in [1.82, 2.24) is 14.9 Å². The Morgan fingerprint density at radius 1 is 1.28 bits per heavy atom. The van der Waals surface area contributed by atoms with Crippen molar-refractivity contribution < 1.29 is 13.9 Å². The summed E-state index contributed by atoms with van der Waals surface area (Å²) in [4.78, 5) is 16.3. The third-order valence-corrected chi connectivity index (χ3v) is 3.88. The van der Waals surface area contributed by atoms with Crippen LogP contribution in [0, 0.1) is 5.82 Å². The molecule has 3 rings (SSSR count). The minimum atomic E-state index is -0.485. The van der Waals surface area contributed by atoms with Crippen LogP contribution in [-0.2, 0) is 11.3 Å². The number of fused-ring (bicyclic) bond motifs is 1. The number of rotatable bonds is 6. The van der Waals surface area contributed by atoms with Crippen LogP contribution in [-0.4, -0.2) is 22.1 Å². The number of hydrogen-bond donors (Lipinski definition) is 1. The summed E-state index contributed by atoms with van der Waals surface area (Å²) < 4.78 is 20.7. The molecule has 130 valence electrons. The highest BCUT2D eigenvalue weighted by molar-refractivity contribution is 5.78. The number of aromatic nitrogens is 2. The monoisotopic (exact) mass is 341 g/mol. The summed E-state index contributed by atoms with van der Waals surface area (Å²) in [5, 5.41) is 2.76. The average Bonchev–Trinajstić information content (AvgIpc) is 3.02. The molecule has 1 N–H and O–H groups in total. The molecule has 0 radical (unpaired) electrons. The maximum absolute atomic E-state index is 13.4. The lowest BCUT2D eigenvalue weighted by Gasteiger charge is -2.09. The summed E-state index contributed by atoms with van der Waals surface area (Å²) in [5.74, 6) is -0.726. The molecule has 2 aromatic carbocycles.